The highest BCUT2D eigenvalue weighted by Gasteiger charge is 2.51. The minimum atomic E-state index is -0.650. The third-order valence-corrected chi connectivity index (χ3v) is 5.47. The zero-order valence-corrected chi connectivity index (χ0v) is 18.1. The van der Waals surface area contributed by atoms with Crippen molar-refractivity contribution in [2.24, 2.45) is 0 Å². The van der Waals surface area contributed by atoms with Crippen LogP contribution in [0.2, 0.25) is 0 Å². The Morgan fingerprint density at radius 2 is 1.76 bits per heavy atom. The molecular weight excluding hydrogens is 374 g/mol. The van der Waals surface area contributed by atoms with Gasteiger partial charge in [0, 0.05) is 11.5 Å². The van der Waals surface area contributed by atoms with E-state index in [-0.39, 0.29) is 23.3 Å². The fourth-order valence-corrected chi connectivity index (χ4v) is 2.88. The van der Waals surface area contributed by atoms with Crippen molar-refractivity contribution in [3.63, 3.8) is 0 Å². The van der Waals surface area contributed by atoms with Crippen molar-refractivity contribution in [2.75, 3.05) is 5.32 Å². The molecule has 1 aliphatic heterocycles. The van der Waals surface area contributed by atoms with Crippen LogP contribution >= 0.6 is 0 Å². The maximum atomic E-state index is 14.6. The summed E-state index contributed by atoms with van der Waals surface area (Å²) in [5.74, 6) is 0.115. The lowest BCUT2D eigenvalue weighted by Gasteiger charge is -2.32. The molecule has 8 heteroatoms. The lowest BCUT2D eigenvalue weighted by atomic mass is 9.78. The van der Waals surface area contributed by atoms with Gasteiger partial charge in [0.05, 0.1) is 17.6 Å². The van der Waals surface area contributed by atoms with E-state index in [4.69, 9.17) is 13.8 Å². The Balaban J connectivity index is 1.67. The van der Waals surface area contributed by atoms with Crippen LogP contribution in [0.3, 0.4) is 0 Å². The van der Waals surface area contributed by atoms with E-state index in [1.54, 1.807) is 18.2 Å². The minimum absolute atomic E-state index is 0.118. The van der Waals surface area contributed by atoms with Gasteiger partial charge in [0.25, 0.3) is 0 Å². The van der Waals surface area contributed by atoms with Crippen LogP contribution in [0.1, 0.15) is 59.8 Å². The molecule has 6 nitrogen and oxygen atoms in total. The van der Waals surface area contributed by atoms with E-state index < -0.39 is 24.1 Å². The summed E-state index contributed by atoms with van der Waals surface area (Å²) in [6, 6.07) is 6.34. The van der Waals surface area contributed by atoms with Crippen molar-refractivity contribution in [1.29, 1.82) is 0 Å². The summed E-state index contributed by atoms with van der Waals surface area (Å²) in [7, 11) is -0.650. The Bertz CT molecular complexity index is 902. The van der Waals surface area contributed by atoms with Crippen LogP contribution in [0, 0.1) is 5.82 Å². The summed E-state index contributed by atoms with van der Waals surface area (Å²) in [4.78, 5) is 12.3. The van der Waals surface area contributed by atoms with Gasteiger partial charge in [-0.2, -0.15) is 0 Å². The van der Waals surface area contributed by atoms with E-state index in [0.717, 1.165) is 0 Å². The highest BCUT2D eigenvalue weighted by atomic mass is 19.1. The molecule has 2 aromatic rings. The lowest BCUT2D eigenvalue weighted by Crippen LogP contribution is -2.41. The molecule has 0 saturated carbocycles. The first-order valence-electron chi connectivity index (χ1n) is 9.69. The number of hydrogen-bond acceptors (Lipinski definition) is 5. The third-order valence-electron chi connectivity index (χ3n) is 5.47. The summed E-state index contributed by atoms with van der Waals surface area (Å²) in [5, 5.41) is 6.49. The zero-order valence-electron chi connectivity index (χ0n) is 18.1. The summed E-state index contributed by atoms with van der Waals surface area (Å²) in [6.07, 6.45) is -0.118. The van der Waals surface area contributed by atoms with Gasteiger partial charge in [-0.15, -0.1) is 0 Å². The fraction of sp³-hybridized carbons (Fsp3) is 0.524. The second kappa shape index (κ2) is 7.25. The average Bonchev–Trinajstić information content (AvgIpc) is 3.11. The van der Waals surface area contributed by atoms with Crippen molar-refractivity contribution in [3.05, 3.63) is 41.4 Å². The number of hydrogen-bond donors (Lipinski definition) is 1. The predicted molar refractivity (Wildman–Crippen MR) is 110 cm³/mol. The minimum Gasteiger partial charge on any atom is -0.399 e. The third kappa shape index (κ3) is 4.54. The predicted octanol–water partition coefficient (Wildman–Crippen LogP) is 3.59. The molecule has 0 spiro atoms. The largest absolute Gasteiger partial charge is 0.494 e. The number of amides is 1. The molecule has 156 valence electrons. The first-order valence-corrected chi connectivity index (χ1v) is 9.69. The first kappa shape index (κ1) is 21.5. The standard InChI is InChI=1S/C21H28BFN2O4/c1-19(2,3)16-12-17(25-27-16)24-18(26)10-13-8-9-14(11-15(13)23)22-28-20(4,5)21(6,7)29-22/h8-9,11-12H,10H2,1-7H3,(H,24,25,26). The molecule has 0 bridgehead atoms. The first-order chi connectivity index (χ1) is 13.3. The van der Waals surface area contributed by atoms with E-state index in [0.29, 0.717) is 17.0 Å². The molecule has 1 aromatic carbocycles. The molecule has 1 aromatic heterocycles. The van der Waals surface area contributed by atoms with Gasteiger partial charge in [-0.25, -0.2) is 4.39 Å². The molecular formula is C21H28BFN2O4. The Hall–Kier alpha value is -2.19. The average molecular weight is 402 g/mol. The normalized spacial score (nSPS) is 18.1. The fourth-order valence-electron chi connectivity index (χ4n) is 2.88. The highest BCUT2D eigenvalue weighted by molar-refractivity contribution is 6.62. The monoisotopic (exact) mass is 402 g/mol. The Labute approximate surface area is 171 Å². The summed E-state index contributed by atoms with van der Waals surface area (Å²) in [5.41, 5.74) is -0.364. The SMILES string of the molecule is CC(C)(C)c1cc(NC(=O)Cc2ccc(B3OC(C)(C)C(C)(C)O3)cc2F)no1. The van der Waals surface area contributed by atoms with Gasteiger partial charge in [0.15, 0.2) is 5.82 Å². The van der Waals surface area contributed by atoms with Gasteiger partial charge < -0.3 is 19.1 Å². The smallest absolute Gasteiger partial charge is 0.399 e. The molecule has 29 heavy (non-hydrogen) atoms. The molecule has 1 saturated heterocycles. The van der Waals surface area contributed by atoms with E-state index in [9.17, 15) is 9.18 Å². The van der Waals surface area contributed by atoms with E-state index >= 15 is 0 Å². The van der Waals surface area contributed by atoms with Gasteiger partial charge in [-0.1, -0.05) is 38.1 Å². The van der Waals surface area contributed by atoms with E-state index in [1.165, 1.54) is 6.07 Å². The highest BCUT2D eigenvalue weighted by Crippen LogP contribution is 2.36. The molecule has 1 N–H and O–H groups in total. The van der Waals surface area contributed by atoms with Crippen LogP contribution in [0.5, 0.6) is 0 Å². The van der Waals surface area contributed by atoms with Crippen molar-refractivity contribution >= 4 is 24.3 Å². The summed E-state index contributed by atoms with van der Waals surface area (Å²) < 4.78 is 31.8. The van der Waals surface area contributed by atoms with E-state index in [1.807, 2.05) is 48.5 Å². The van der Waals surface area contributed by atoms with E-state index in [2.05, 4.69) is 10.5 Å². The number of aromatic nitrogens is 1. The van der Waals surface area contributed by atoms with Gasteiger partial charge in [0.2, 0.25) is 5.91 Å². The topological polar surface area (TPSA) is 73.6 Å². The Morgan fingerprint density at radius 3 is 2.28 bits per heavy atom. The maximum absolute atomic E-state index is 14.6. The molecule has 2 heterocycles. The van der Waals surface area contributed by atoms with Gasteiger partial charge >= 0.3 is 7.12 Å². The van der Waals surface area contributed by atoms with Crippen molar-refractivity contribution < 1.29 is 23.0 Å². The maximum Gasteiger partial charge on any atom is 0.494 e. The molecule has 0 radical (unpaired) electrons. The number of nitrogens with zero attached hydrogens (tertiary/aromatic N) is 1. The quantitative estimate of drug-likeness (QED) is 0.792. The van der Waals surface area contributed by atoms with Crippen LogP contribution in [0.25, 0.3) is 0 Å². The number of carbonyl (C=O) groups excluding carboxylic acids is 1. The number of nitrogens with one attached hydrogen (secondary N) is 1. The number of benzene rings is 1. The number of carbonyl (C=O) groups is 1. The van der Waals surface area contributed by atoms with Crippen molar-refractivity contribution in [1.82, 2.24) is 5.16 Å². The second-order valence-corrected chi connectivity index (χ2v) is 9.49. The van der Waals surface area contributed by atoms with Crippen LogP contribution in [0.4, 0.5) is 10.2 Å². The van der Waals surface area contributed by atoms with Gasteiger partial charge in [-0.05, 0) is 44.8 Å². The molecule has 0 unspecified atom stereocenters. The lowest BCUT2D eigenvalue weighted by molar-refractivity contribution is -0.115. The van der Waals surface area contributed by atoms with Crippen molar-refractivity contribution in [2.45, 2.75) is 71.5 Å². The molecule has 3 rings (SSSR count). The Kier molecular flexibility index (Phi) is 5.38. The number of anilines is 1. The van der Waals surface area contributed by atoms with Crippen LogP contribution in [0.15, 0.2) is 28.8 Å². The second-order valence-electron chi connectivity index (χ2n) is 9.49. The molecule has 1 fully saturated rings. The molecule has 1 amide bonds. The van der Waals surface area contributed by atoms with Gasteiger partial charge in [0.1, 0.15) is 11.6 Å². The summed E-state index contributed by atoms with van der Waals surface area (Å²) >= 11 is 0. The molecule has 0 aliphatic carbocycles. The number of halogens is 1. The Morgan fingerprint density at radius 1 is 1.14 bits per heavy atom. The molecule has 1 aliphatic rings. The molecule has 0 atom stereocenters. The van der Waals surface area contributed by atoms with Crippen LogP contribution in [-0.4, -0.2) is 29.4 Å². The summed E-state index contributed by atoms with van der Waals surface area (Å²) in [6.45, 7) is 13.7. The van der Waals surface area contributed by atoms with Crippen molar-refractivity contribution in [3.8, 4) is 0 Å². The van der Waals surface area contributed by atoms with Crippen LogP contribution < -0.4 is 10.8 Å². The van der Waals surface area contributed by atoms with Gasteiger partial charge in [-0.3, -0.25) is 4.79 Å². The zero-order chi connectivity index (χ0) is 21.6. The number of rotatable bonds is 4. The van der Waals surface area contributed by atoms with Crippen LogP contribution in [-0.2, 0) is 25.9 Å².